The molecule has 0 aromatic carbocycles. The van der Waals surface area contributed by atoms with Gasteiger partial charge in [-0.1, -0.05) is 6.92 Å². The van der Waals surface area contributed by atoms with Gasteiger partial charge in [0.15, 0.2) is 0 Å². The van der Waals surface area contributed by atoms with E-state index >= 15 is 0 Å². The Kier molecular flexibility index (Phi) is 6.92. The second-order valence-electron chi connectivity index (χ2n) is 4.97. The smallest absolute Gasteiger partial charge is 0.257 e. The maximum absolute atomic E-state index is 12.3. The van der Waals surface area contributed by atoms with E-state index in [1.54, 1.807) is 6.07 Å². The van der Waals surface area contributed by atoms with Crippen LogP contribution < -0.4 is 5.73 Å². The Balaban J connectivity index is 0.00000200. The van der Waals surface area contributed by atoms with Crippen molar-refractivity contribution in [1.82, 2.24) is 4.90 Å². The lowest BCUT2D eigenvalue weighted by atomic mass is 10.2. The van der Waals surface area contributed by atoms with Crippen LogP contribution in [0.5, 0.6) is 0 Å². The fourth-order valence-electron chi connectivity index (χ4n) is 2.63. The van der Waals surface area contributed by atoms with Gasteiger partial charge in [0.05, 0.1) is 12.1 Å². The van der Waals surface area contributed by atoms with Gasteiger partial charge < -0.3 is 15.1 Å². The van der Waals surface area contributed by atoms with Crippen molar-refractivity contribution in [3.8, 4) is 0 Å². The first kappa shape index (κ1) is 17.4. The topological polar surface area (TPSA) is 59.5 Å². The zero-order valence-corrected chi connectivity index (χ0v) is 13.6. The SMILES string of the molecule is CCSC1CCC(N(C)C(=O)c2coc(CN)c2)C1.Cl. The number of nitrogens with two attached hydrogens (primary N) is 1. The second-order valence-corrected chi connectivity index (χ2v) is 6.54. The molecule has 1 aliphatic rings. The quantitative estimate of drug-likeness (QED) is 0.907. The molecule has 1 fully saturated rings. The van der Waals surface area contributed by atoms with E-state index in [0.29, 0.717) is 29.2 Å². The van der Waals surface area contributed by atoms with E-state index in [1.807, 2.05) is 23.7 Å². The van der Waals surface area contributed by atoms with Crippen LogP contribution >= 0.6 is 24.2 Å². The minimum absolute atomic E-state index is 0. The van der Waals surface area contributed by atoms with Gasteiger partial charge >= 0.3 is 0 Å². The Morgan fingerprint density at radius 2 is 2.30 bits per heavy atom. The molecule has 2 unspecified atom stereocenters. The Bertz CT molecular complexity index is 439. The van der Waals surface area contributed by atoms with E-state index in [0.717, 1.165) is 18.6 Å². The summed E-state index contributed by atoms with van der Waals surface area (Å²) in [5.74, 6) is 1.84. The molecule has 2 atom stereocenters. The van der Waals surface area contributed by atoms with Gasteiger partial charge in [-0.25, -0.2) is 0 Å². The molecule has 114 valence electrons. The zero-order valence-electron chi connectivity index (χ0n) is 12.0. The van der Waals surface area contributed by atoms with Gasteiger partial charge in [-0.2, -0.15) is 11.8 Å². The zero-order chi connectivity index (χ0) is 13.8. The first-order valence-electron chi connectivity index (χ1n) is 6.82. The number of hydrogen-bond acceptors (Lipinski definition) is 4. The number of carbonyl (C=O) groups excluding carboxylic acids is 1. The van der Waals surface area contributed by atoms with Crippen molar-refractivity contribution in [3.05, 3.63) is 23.7 Å². The van der Waals surface area contributed by atoms with Crippen LogP contribution in [-0.2, 0) is 6.54 Å². The number of halogens is 1. The Morgan fingerprint density at radius 3 is 2.90 bits per heavy atom. The summed E-state index contributed by atoms with van der Waals surface area (Å²) in [6.45, 7) is 2.52. The van der Waals surface area contributed by atoms with Crippen molar-refractivity contribution in [2.45, 2.75) is 44.0 Å². The number of carbonyl (C=O) groups is 1. The van der Waals surface area contributed by atoms with Gasteiger partial charge in [-0.3, -0.25) is 4.79 Å². The first-order valence-corrected chi connectivity index (χ1v) is 7.86. The summed E-state index contributed by atoms with van der Waals surface area (Å²) in [5, 5.41) is 0.703. The van der Waals surface area contributed by atoms with Gasteiger partial charge in [-0.15, -0.1) is 12.4 Å². The summed E-state index contributed by atoms with van der Waals surface area (Å²) in [6, 6.07) is 2.10. The number of thioether (sulfide) groups is 1. The third kappa shape index (κ3) is 3.93. The van der Waals surface area contributed by atoms with Crippen molar-refractivity contribution in [2.24, 2.45) is 5.73 Å². The third-order valence-electron chi connectivity index (χ3n) is 3.73. The number of nitrogens with zero attached hydrogens (tertiary/aromatic N) is 1. The lowest BCUT2D eigenvalue weighted by Crippen LogP contribution is -2.35. The maximum atomic E-state index is 12.3. The van der Waals surface area contributed by atoms with Gasteiger partial charge in [0, 0.05) is 18.3 Å². The normalized spacial score (nSPS) is 21.6. The predicted octanol–water partition coefficient (Wildman–Crippen LogP) is 2.91. The van der Waals surface area contributed by atoms with Crippen LogP contribution in [0.25, 0.3) is 0 Å². The molecule has 0 bridgehead atoms. The number of amides is 1. The molecule has 1 heterocycles. The standard InChI is InChI=1S/C14H22N2O2S.ClH/c1-3-19-13-5-4-11(7-13)16(2)14(17)10-6-12(8-15)18-9-10;/h6,9,11,13H,3-5,7-8,15H2,1-2H3;1H. The first-order chi connectivity index (χ1) is 9.15. The van der Waals surface area contributed by atoms with Crippen LogP contribution in [0.4, 0.5) is 0 Å². The largest absolute Gasteiger partial charge is 0.467 e. The van der Waals surface area contributed by atoms with Crippen LogP contribution in [0.2, 0.25) is 0 Å². The van der Waals surface area contributed by atoms with Gasteiger partial charge in [0.1, 0.15) is 12.0 Å². The van der Waals surface area contributed by atoms with Crippen molar-refractivity contribution < 1.29 is 9.21 Å². The van der Waals surface area contributed by atoms with Crippen LogP contribution in [0, 0.1) is 0 Å². The van der Waals surface area contributed by atoms with Crippen LogP contribution in [-0.4, -0.2) is 34.9 Å². The highest BCUT2D eigenvalue weighted by Crippen LogP contribution is 2.32. The van der Waals surface area contributed by atoms with E-state index in [9.17, 15) is 4.79 Å². The highest BCUT2D eigenvalue weighted by atomic mass is 35.5. The minimum Gasteiger partial charge on any atom is -0.467 e. The monoisotopic (exact) mass is 318 g/mol. The summed E-state index contributed by atoms with van der Waals surface area (Å²) < 4.78 is 5.23. The van der Waals surface area contributed by atoms with Crippen molar-refractivity contribution in [3.63, 3.8) is 0 Å². The molecular formula is C14H23ClN2O2S. The Labute approximate surface area is 130 Å². The van der Waals surface area contributed by atoms with E-state index in [4.69, 9.17) is 10.2 Å². The fraction of sp³-hybridized carbons (Fsp3) is 0.643. The predicted molar refractivity (Wildman–Crippen MR) is 85.5 cm³/mol. The molecule has 2 N–H and O–H groups in total. The van der Waals surface area contributed by atoms with Gasteiger partial charge in [0.2, 0.25) is 0 Å². The van der Waals surface area contributed by atoms with E-state index in [-0.39, 0.29) is 18.3 Å². The molecule has 1 aromatic heterocycles. The molecule has 1 amide bonds. The van der Waals surface area contributed by atoms with Crippen molar-refractivity contribution >= 4 is 30.1 Å². The molecule has 0 saturated heterocycles. The van der Waals surface area contributed by atoms with Crippen molar-refractivity contribution in [1.29, 1.82) is 0 Å². The second kappa shape index (κ2) is 7.96. The van der Waals surface area contributed by atoms with E-state index < -0.39 is 0 Å². The minimum atomic E-state index is 0. The highest BCUT2D eigenvalue weighted by molar-refractivity contribution is 7.99. The average molecular weight is 319 g/mol. The maximum Gasteiger partial charge on any atom is 0.257 e. The molecule has 0 radical (unpaired) electrons. The van der Waals surface area contributed by atoms with Crippen molar-refractivity contribution in [2.75, 3.05) is 12.8 Å². The third-order valence-corrected chi connectivity index (χ3v) is 4.96. The lowest BCUT2D eigenvalue weighted by molar-refractivity contribution is 0.0735. The van der Waals surface area contributed by atoms with Gasteiger partial charge in [0.25, 0.3) is 5.91 Å². The Hall–Kier alpha value is -0.650. The number of furan rings is 1. The summed E-state index contributed by atoms with van der Waals surface area (Å²) >= 11 is 2.00. The van der Waals surface area contributed by atoms with Crippen LogP contribution in [0.3, 0.4) is 0 Å². The van der Waals surface area contributed by atoms with Crippen LogP contribution in [0.1, 0.15) is 42.3 Å². The summed E-state index contributed by atoms with van der Waals surface area (Å²) in [5.41, 5.74) is 6.10. The summed E-state index contributed by atoms with van der Waals surface area (Å²) in [4.78, 5) is 14.2. The molecule has 6 heteroatoms. The number of hydrogen-bond donors (Lipinski definition) is 1. The molecule has 0 spiro atoms. The summed E-state index contributed by atoms with van der Waals surface area (Å²) in [6.07, 6.45) is 4.92. The molecule has 0 aliphatic heterocycles. The van der Waals surface area contributed by atoms with Gasteiger partial charge in [-0.05, 0) is 31.1 Å². The average Bonchev–Trinajstić information content (AvgIpc) is 3.06. The molecular weight excluding hydrogens is 296 g/mol. The Morgan fingerprint density at radius 1 is 1.55 bits per heavy atom. The molecule has 4 nitrogen and oxygen atoms in total. The summed E-state index contributed by atoms with van der Waals surface area (Å²) in [7, 11) is 1.89. The molecule has 1 saturated carbocycles. The van der Waals surface area contributed by atoms with E-state index in [2.05, 4.69) is 6.92 Å². The highest BCUT2D eigenvalue weighted by Gasteiger charge is 2.30. The molecule has 2 rings (SSSR count). The fourth-order valence-corrected chi connectivity index (χ4v) is 3.76. The van der Waals surface area contributed by atoms with E-state index in [1.165, 1.54) is 12.7 Å². The molecule has 20 heavy (non-hydrogen) atoms. The number of rotatable bonds is 5. The molecule has 1 aromatic rings. The molecule has 1 aliphatic carbocycles. The van der Waals surface area contributed by atoms with Crippen LogP contribution in [0.15, 0.2) is 16.7 Å². The lowest BCUT2D eigenvalue weighted by Gasteiger charge is -2.24.